The van der Waals surface area contributed by atoms with Crippen molar-refractivity contribution in [3.8, 4) is 0 Å². The van der Waals surface area contributed by atoms with E-state index < -0.39 is 0 Å². The molecule has 0 saturated heterocycles. The van der Waals surface area contributed by atoms with Crippen LogP contribution in [0.5, 0.6) is 0 Å². The average molecular weight is 279 g/mol. The molecular weight excluding hydrogens is 254 g/mol. The molecule has 3 nitrogen and oxygen atoms in total. The number of rotatable bonds is 5. The Morgan fingerprint density at radius 1 is 1.37 bits per heavy atom. The summed E-state index contributed by atoms with van der Waals surface area (Å²) in [6, 6.07) is 2.13. The molecule has 0 unspecified atom stereocenters. The first-order valence-corrected chi connectivity index (χ1v) is 8.19. The van der Waals surface area contributed by atoms with E-state index in [0.29, 0.717) is 5.41 Å². The molecule has 2 rings (SSSR count). The molecule has 1 fully saturated rings. The summed E-state index contributed by atoms with van der Waals surface area (Å²) in [5.74, 6) is 0.946. The molecule has 0 amide bonds. The maximum absolute atomic E-state index is 4.65. The normalized spacial score (nSPS) is 18.5. The van der Waals surface area contributed by atoms with Gasteiger partial charge in [-0.25, -0.2) is 4.99 Å². The van der Waals surface area contributed by atoms with Crippen molar-refractivity contribution >= 4 is 17.3 Å². The zero-order valence-corrected chi connectivity index (χ0v) is 12.9. The third kappa shape index (κ3) is 4.53. The third-order valence-electron chi connectivity index (χ3n) is 3.84. The highest BCUT2D eigenvalue weighted by atomic mass is 32.1. The molecule has 0 atom stereocenters. The van der Waals surface area contributed by atoms with Crippen molar-refractivity contribution in [1.29, 1.82) is 0 Å². The SMILES string of the molecule is CCNC(=NCc1ccsc1)NCC1(C)CCCC1. The van der Waals surface area contributed by atoms with E-state index in [9.17, 15) is 0 Å². The highest BCUT2D eigenvalue weighted by Gasteiger charge is 2.28. The molecule has 1 heterocycles. The topological polar surface area (TPSA) is 36.4 Å². The summed E-state index contributed by atoms with van der Waals surface area (Å²) < 4.78 is 0. The van der Waals surface area contributed by atoms with E-state index in [4.69, 9.17) is 0 Å². The second-order valence-electron chi connectivity index (χ2n) is 5.70. The van der Waals surface area contributed by atoms with E-state index in [0.717, 1.165) is 25.6 Å². The van der Waals surface area contributed by atoms with Gasteiger partial charge in [-0.1, -0.05) is 19.8 Å². The largest absolute Gasteiger partial charge is 0.357 e. The van der Waals surface area contributed by atoms with Crippen LogP contribution in [-0.4, -0.2) is 19.0 Å². The van der Waals surface area contributed by atoms with Gasteiger partial charge < -0.3 is 10.6 Å². The minimum atomic E-state index is 0.457. The molecule has 0 radical (unpaired) electrons. The van der Waals surface area contributed by atoms with Crippen LogP contribution in [-0.2, 0) is 6.54 Å². The van der Waals surface area contributed by atoms with Crippen LogP contribution >= 0.6 is 11.3 Å². The van der Waals surface area contributed by atoms with Gasteiger partial charge in [0.15, 0.2) is 5.96 Å². The second-order valence-corrected chi connectivity index (χ2v) is 6.48. The van der Waals surface area contributed by atoms with Crippen molar-refractivity contribution < 1.29 is 0 Å². The van der Waals surface area contributed by atoms with Gasteiger partial charge in [-0.3, -0.25) is 0 Å². The molecule has 0 bridgehead atoms. The molecule has 106 valence electrons. The molecule has 1 aliphatic carbocycles. The van der Waals surface area contributed by atoms with Crippen LogP contribution in [0, 0.1) is 5.41 Å². The van der Waals surface area contributed by atoms with Gasteiger partial charge in [-0.15, -0.1) is 0 Å². The van der Waals surface area contributed by atoms with Gasteiger partial charge in [-0.2, -0.15) is 11.3 Å². The molecule has 4 heteroatoms. The maximum atomic E-state index is 4.65. The van der Waals surface area contributed by atoms with Crippen molar-refractivity contribution in [2.24, 2.45) is 10.4 Å². The first-order valence-electron chi connectivity index (χ1n) is 7.25. The molecule has 0 aliphatic heterocycles. The number of hydrogen-bond donors (Lipinski definition) is 2. The molecule has 0 aromatic carbocycles. The number of nitrogens with one attached hydrogen (secondary N) is 2. The molecule has 1 saturated carbocycles. The maximum Gasteiger partial charge on any atom is 0.191 e. The first-order chi connectivity index (χ1) is 9.22. The van der Waals surface area contributed by atoms with Gasteiger partial charge in [0, 0.05) is 13.1 Å². The predicted molar refractivity (Wildman–Crippen MR) is 83.7 cm³/mol. The van der Waals surface area contributed by atoms with E-state index in [2.05, 4.69) is 46.3 Å². The van der Waals surface area contributed by atoms with E-state index >= 15 is 0 Å². The number of thiophene rings is 1. The van der Waals surface area contributed by atoms with Crippen molar-refractivity contribution in [3.05, 3.63) is 22.4 Å². The number of guanidine groups is 1. The minimum absolute atomic E-state index is 0.457. The van der Waals surface area contributed by atoms with Crippen LogP contribution in [0.4, 0.5) is 0 Å². The lowest BCUT2D eigenvalue weighted by atomic mass is 9.89. The highest BCUT2D eigenvalue weighted by Crippen LogP contribution is 2.36. The molecule has 1 aliphatic rings. The van der Waals surface area contributed by atoms with Gasteiger partial charge >= 0.3 is 0 Å². The molecular formula is C15H25N3S. The Labute approximate surface area is 120 Å². The molecule has 0 spiro atoms. The van der Waals surface area contributed by atoms with E-state index in [1.54, 1.807) is 11.3 Å². The predicted octanol–water partition coefficient (Wildman–Crippen LogP) is 3.38. The summed E-state index contributed by atoms with van der Waals surface area (Å²) in [6.45, 7) is 7.19. The molecule has 2 N–H and O–H groups in total. The smallest absolute Gasteiger partial charge is 0.191 e. The summed E-state index contributed by atoms with van der Waals surface area (Å²) >= 11 is 1.73. The molecule has 1 aromatic heterocycles. The lowest BCUT2D eigenvalue weighted by Gasteiger charge is -2.25. The van der Waals surface area contributed by atoms with Crippen molar-refractivity contribution in [1.82, 2.24) is 10.6 Å². The quantitative estimate of drug-likeness (QED) is 0.640. The van der Waals surface area contributed by atoms with E-state index in [-0.39, 0.29) is 0 Å². The fraction of sp³-hybridized carbons (Fsp3) is 0.667. The summed E-state index contributed by atoms with van der Waals surface area (Å²) in [6.07, 6.45) is 5.43. The van der Waals surface area contributed by atoms with Crippen molar-refractivity contribution in [2.45, 2.75) is 46.1 Å². The molecule has 1 aromatic rings. The van der Waals surface area contributed by atoms with Crippen LogP contribution in [0.2, 0.25) is 0 Å². The fourth-order valence-electron chi connectivity index (χ4n) is 2.60. The Morgan fingerprint density at radius 3 is 2.79 bits per heavy atom. The monoisotopic (exact) mass is 279 g/mol. The summed E-state index contributed by atoms with van der Waals surface area (Å²) in [5, 5.41) is 11.1. The Hall–Kier alpha value is -1.03. The summed E-state index contributed by atoms with van der Waals surface area (Å²) in [5.41, 5.74) is 1.74. The van der Waals surface area contributed by atoms with E-state index in [1.165, 1.54) is 31.2 Å². The highest BCUT2D eigenvalue weighted by molar-refractivity contribution is 7.07. The van der Waals surface area contributed by atoms with Crippen LogP contribution in [0.25, 0.3) is 0 Å². The Kier molecular flexibility index (Phi) is 5.25. The number of hydrogen-bond acceptors (Lipinski definition) is 2. The third-order valence-corrected chi connectivity index (χ3v) is 4.57. The average Bonchev–Trinajstić information content (AvgIpc) is 3.05. The van der Waals surface area contributed by atoms with Gasteiger partial charge in [0.05, 0.1) is 6.54 Å². The van der Waals surface area contributed by atoms with Gasteiger partial charge in [0.2, 0.25) is 0 Å². The number of nitrogens with zero attached hydrogens (tertiary/aromatic N) is 1. The van der Waals surface area contributed by atoms with Crippen molar-refractivity contribution in [3.63, 3.8) is 0 Å². The lowest BCUT2D eigenvalue weighted by molar-refractivity contribution is 0.334. The first kappa shape index (κ1) is 14.4. The van der Waals surface area contributed by atoms with Crippen LogP contribution < -0.4 is 10.6 Å². The second kappa shape index (κ2) is 6.94. The minimum Gasteiger partial charge on any atom is -0.357 e. The lowest BCUT2D eigenvalue weighted by Crippen LogP contribution is -2.42. The Morgan fingerprint density at radius 2 is 2.16 bits per heavy atom. The standard InChI is InChI=1S/C15H25N3S/c1-3-16-14(17-10-13-6-9-19-11-13)18-12-15(2)7-4-5-8-15/h6,9,11H,3-5,7-8,10,12H2,1-2H3,(H2,16,17,18). The molecule has 19 heavy (non-hydrogen) atoms. The van der Waals surface area contributed by atoms with Crippen LogP contribution in [0.1, 0.15) is 45.1 Å². The fourth-order valence-corrected chi connectivity index (χ4v) is 3.26. The van der Waals surface area contributed by atoms with Crippen LogP contribution in [0.15, 0.2) is 21.8 Å². The summed E-state index contributed by atoms with van der Waals surface area (Å²) in [7, 11) is 0. The van der Waals surface area contributed by atoms with Gasteiger partial charge in [-0.05, 0) is 47.6 Å². The zero-order valence-electron chi connectivity index (χ0n) is 12.0. The van der Waals surface area contributed by atoms with E-state index in [1.807, 2.05) is 0 Å². The van der Waals surface area contributed by atoms with Crippen LogP contribution in [0.3, 0.4) is 0 Å². The van der Waals surface area contributed by atoms with Crippen molar-refractivity contribution in [2.75, 3.05) is 13.1 Å². The number of aliphatic imine (C=N–C) groups is 1. The zero-order chi connectivity index (χ0) is 13.6. The Balaban J connectivity index is 1.86. The van der Waals surface area contributed by atoms with Gasteiger partial charge in [0.25, 0.3) is 0 Å². The summed E-state index contributed by atoms with van der Waals surface area (Å²) in [4.78, 5) is 4.65. The Bertz CT molecular complexity index is 392. The van der Waals surface area contributed by atoms with Gasteiger partial charge in [0.1, 0.15) is 0 Å².